The molecule has 4 heterocycles. The van der Waals surface area contributed by atoms with Gasteiger partial charge in [-0.05, 0) is 19.8 Å². The first-order valence-corrected chi connectivity index (χ1v) is 18.0. The van der Waals surface area contributed by atoms with Gasteiger partial charge in [-0.2, -0.15) is 8.62 Å². The number of fused-ring (bicyclic) bond motifs is 2. The summed E-state index contributed by atoms with van der Waals surface area (Å²) < 4.78 is 64.0. The molecular weight excluding hydrogens is 733 g/mol. The van der Waals surface area contributed by atoms with Crippen LogP contribution in [0.25, 0.3) is 16.9 Å². The minimum absolute atomic E-state index is 0.00739. The fraction of sp³-hybridized carbons (Fsp3) is 0.571. The molecule has 8 N–H and O–H groups in total. The number of methoxy groups -OCH3 is 2. The van der Waals surface area contributed by atoms with E-state index in [1.54, 1.807) is 6.92 Å². The second-order valence-electron chi connectivity index (χ2n) is 10.3. The monoisotopic (exact) mass is 764 g/mol. The van der Waals surface area contributed by atoms with Crippen molar-refractivity contribution in [1.82, 2.24) is 28.8 Å². The number of hydrogen-bond acceptors (Lipinski definition) is 17. The predicted octanol–water partition coefficient (Wildman–Crippen LogP) is -2.41. The molecule has 4 rings (SSSR count). The molecule has 0 saturated carbocycles. The van der Waals surface area contributed by atoms with Crippen LogP contribution in [0.3, 0.4) is 0 Å². The summed E-state index contributed by atoms with van der Waals surface area (Å²) >= 11 is 0. The molecule has 0 bridgehead atoms. The maximum atomic E-state index is 13.7. The van der Waals surface area contributed by atoms with Crippen molar-refractivity contribution in [3.8, 4) is 0 Å². The van der Waals surface area contributed by atoms with Crippen molar-refractivity contribution in [3.63, 3.8) is 0 Å². The average Bonchev–Trinajstić information content (AvgIpc) is 3.65. The normalized spacial score (nSPS) is 24.4. The molecule has 7 atom stereocenters. The summed E-state index contributed by atoms with van der Waals surface area (Å²) in [6.07, 6.45) is -6.32. The van der Waals surface area contributed by atoms with Gasteiger partial charge in [0.15, 0.2) is 17.3 Å². The number of carbonyl (C=O) groups excluding carboxylic acids is 2. The summed E-state index contributed by atoms with van der Waals surface area (Å²) in [7, 11) is -13.6. The van der Waals surface area contributed by atoms with Crippen molar-refractivity contribution in [3.05, 3.63) is 28.1 Å². The fourth-order valence-corrected chi connectivity index (χ4v) is 8.02. The lowest BCUT2D eigenvalue weighted by molar-refractivity contribution is -0.286. The van der Waals surface area contributed by atoms with E-state index < -0.39 is 78.0 Å². The molecule has 2 unspecified atom stereocenters. The molecule has 274 valence electrons. The third kappa shape index (κ3) is 7.95. The topological polar surface area (TPSA) is 351 Å². The molecule has 1 aliphatic heterocycles. The lowest BCUT2D eigenvalue weighted by Gasteiger charge is -2.28. The van der Waals surface area contributed by atoms with Crippen molar-refractivity contribution >= 4 is 52.5 Å². The highest BCUT2D eigenvalue weighted by molar-refractivity contribution is 7.66. The van der Waals surface area contributed by atoms with Gasteiger partial charge in [-0.1, -0.05) is 0 Å². The third-order valence-corrected chi connectivity index (χ3v) is 10.9. The maximum Gasteiger partial charge on any atom is 0.490 e. The van der Waals surface area contributed by atoms with Gasteiger partial charge in [-0.3, -0.25) is 18.5 Å². The average molecular weight is 764 g/mol. The zero-order valence-electron chi connectivity index (χ0n) is 25.6. The van der Waals surface area contributed by atoms with Crippen molar-refractivity contribution in [1.29, 1.82) is 0 Å². The van der Waals surface area contributed by atoms with Crippen LogP contribution in [0.1, 0.15) is 17.8 Å². The molecule has 28 heteroatoms. The van der Waals surface area contributed by atoms with Crippen LogP contribution in [0.2, 0.25) is 0 Å². The number of hydrogen-bond donors (Lipinski definition) is 8. The Morgan fingerprint density at radius 1 is 1.10 bits per heavy atom. The molecule has 1 fully saturated rings. The fourth-order valence-electron chi connectivity index (χ4n) is 4.99. The maximum absolute atomic E-state index is 13.7. The Labute approximate surface area is 273 Å². The number of amides is 1. The Morgan fingerprint density at radius 3 is 2.35 bits per heavy atom. The van der Waals surface area contributed by atoms with Gasteiger partial charge >= 0.3 is 35.5 Å². The molecule has 25 nitrogen and oxygen atoms in total. The number of alkyl carbamates (subject to hydrolysis) is 1. The Morgan fingerprint density at radius 2 is 1.76 bits per heavy atom. The smallest absolute Gasteiger partial charge is 0.467 e. The number of aliphatic hydroxyl groups excluding tert-OH is 2. The summed E-state index contributed by atoms with van der Waals surface area (Å²) in [5.74, 6) is -3.75. The summed E-state index contributed by atoms with van der Waals surface area (Å²) in [6.45, 7) is 0.324. The largest absolute Gasteiger partial charge is 0.490 e. The molecule has 0 radical (unpaired) electrons. The van der Waals surface area contributed by atoms with E-state index in [-0.39, 0.29) is 29.8 Å². The quantitative estimate of drug-likeness (QED) is 0.0663. The number of phosphoric ester groups is 1. The van der Waals surface area contributed by atoms with E-state index >= 15 is 0 Å². The van der Waals surface area contributed by atoms with Gasteiger partial charge in [-0.25, -0.2) is 37.7 Å². The van der Waals surface area contributed by atoms with Gasteiger partial charge in [-0.15, -0.1) is 0 Å². The van der Waals surface area contributed by atoms with Gasteiger partial charge in [0, 0.05) is 7.05 Å². The van der Waals surface area contributed by atoms with Crippen LogP contribution in [0.5, 0.6) is 0 Å². The lowest BCUT2D eigenvalue weighted by Crippen LogP contribution is -2.45. The summed E-state index contributed by atoms with van der Waals surface area (Å²) in [5, 5.41) is 35.1. The standard InChI is InChI=1S/C21H31N6O19P3/c1-9-11(6-5-10(18(31)41-3)24-20(32)42-4)27-17(30)13-16(25(2)19(27)23-9)26(8-22-13)21(33)15(29)14(28)12(44-21)7-43-48(37,38)46-49(39,40)45-47(34,35)36/h8,10,12,14-15,28-29,33H,5-7H2,1-4H3,(H,24,32)(H,37,38)(H,39,40)(H2,34,35,36)/t10-,12+,14+,15+,21+/m0/s1. The van der Waals surface area contributed by atoms with E-state index in [1.165, 1.54) is 11.6 Å². The van der Waals surface area contributed by atoms with Crippen LogP contribution in [0, 0.1) is 6.92 Å². The van der Waals surface area contributed by atoms with Crippen LogP contribution in [0.15, 0.2) is 11.1 Å². The van der Waals surface area contributed by atoms with E-state index in [9.17, 15) is 53.2 Å². The number of carbonyl (C=O) groups is 2. The van der Waals surface area contributed by atoms with Crippen molar-refractivity contribution in [2.45, 2.75) is 50.0 Å². The number of nitrogens with one attached hydrogen (secondary N) is 1. The van der Waals surface area contributed by atoms with E-state index in [0.29, 0.717) is 11.4 Å². The molecule has 0 spiro atoms. The summed E-state index contributed by atoms with van der Waals surface area (Å²) in [6, 6.07) is -1.15. The van der Waals surface area contributed by atoms with Gasteiger partial charge in [0.1, 0.15) is 24.6 Å². The van der Waals surface area contributed by atoms with Gasteiger partial charge in [0.25, 0.3) is 11.5 Å². The van der Waals surface area contributed by atoms with E-state index in [1.807, 2.05) is 0 Å². The lowest BCUT2D eigenvalue weighted by atomic mass is 10.1. The summed E-state index contributed by atoms with van der Waals surface area (Å²) in [5.41, 5.74) is -0.678. The number of phosphoric acid groups is 3. The van der Waals surface area contributed by atoms with Crippen molar-refractivity contribution < 1.29 is 85.5 Å². The number of aromatic nitrogens is 5. The van der Waals surface area contributed by atoms with Gasteiger partial charge in [0.05, 0.1) is 32.2 Å². The molecule has 0 aromatic carbocycles. The van der Waals surface area contributed by atoms with E-state index in [2.05, 4.69) is 33.2 Å². The first-order chi connectivity index (χ1) is 22.6. The zero-order chi connectivity index (χ0) is 36.9. The highest BCUT2D eigenvalue weighted by Gasteiger charge is 2.56. The molecule has 0 aliphatic carbocycles. The van der Waals surface area contributed by atoms with Crippen LogP contribution >= 0.6 is 23.5 Å². The van der Waals surface area contributed by atoms with E-state index in [0.717, 1.165) is 29.5 Å². The van der Waals surface area contributed by atoms with Crippen molar-refractivity contribution in [2.75, 3.05) is 20.8 Å². The first kappa shape index (κ1) is 38.7. The van der Waals surface area contributed by atoms with Gasteiger partial charge < -0.3 is 54.4 Å². The Kier molecular flexibility index (Phi) is 11.0. The van der Waals surface area contributed by atoms with Gasteiger partial charge in [0.2, 0.25) is 5.78 Å². The number of ether oxygens (including phenoxy) is 3. The highest BCUT2D eigenvalue weighted by Crippen LogP contribution is 2.66. The predicted molar refractivity (Wildman–Crippen MR) is 155 cm³/mol. The van der Waals surface area contributed by atoms with Crippen molar-refractivity contribution in [2.24, 2.45) is 7.05 Å². The second kappa shape index (κ2) is 13.9. The number of aryl methyl sites for hydroxylation is 3. The number of esters is 1. The zero-order valence-corrected chi connectivity index (χ0v) is 28.3. The number of aliphatic hydroxyl groups is 3. The molecule has 1 saturated heterocycles. The Bertz CT molecular complexity index is 1970. The third-order valence-electron chi connectivity index (χ3n) is 7.13. The highest BCUT2D eigenvalue weighted by atomic mass is 31.3. The number of rotatable bonds is 13. The number of nitrogens with zero attached hydrogens (tertiary/aromatic N) is 5. The molecular formula is C21H31N6O19P3. The second-order valence-corrected chi connectivity index (χ2v) is 14.7. The number of imidazole rings is 2. The Hall–Kier alpha value is -3.12. The Balaban J connectivity index is 1.64. The van der Waals surface area contributed by atoms with Crippen LogP contribution < -0.4 is 10.9 Å². The first-order valence-electron chi connectivity index (χ1n) is 13.5. The molecule has 49 heavy (non-hydrogen) atoms. The molecule has 1 aliphatic rings. The molecule has 3 aromatic heterocycles. The van der Waals surface area contributed by atoms with Crippen LogP contribution in [-0.4, -0.2) is 116 Å². The van der Waals surface area contributed by atoms with Crippen LogP contribution in [0.4, 0.5) is 4.79 Å². The van der Waals surface area contributed by atoms with E-state index in [4.69, 9.17) is 19.3 Å². The molecule has 3 aromatic rings. The van der Waals surface area contributed by atoms with Crippen LogP contribution in [-0.2, 0) is 65.2 Å². The molecule has 1 amide bonds. The summed E-state index contributed by atoms with van der Waals surface area (Å²) in [4.78, 5) is 82.4. The SMILES string of the molecule is COC(=O)N[C@@H](CCc1c(C)nc2n(C)c3c(ncn3[C@]3(O)O[C@H](COP(=O)(O)OP(=O)(O)OP(=O)(O)O)[C@@H](O)[C@H]3O)c(=O)n12)C(=O)OC. The minimum atomic E-state index is -5.87. The minimum Gasteiger partial charge on any atom is -0.467 e.